The van der Waals surface area contributed by atoms with Gasteiger partial charge in [-0.2, -0.15) is 0 Å². The van der Waals surface area contributed by atoms with Crippen molar-refractivity contribution in [3.05, 3.63) is 15.5 Å². The zero-order chi connectivity index (χ0) is 10.7. The van der Waals surface area contributed by atoms with E-state index in [4.69, 9.17) is 9.47 Å². The molecule has 78 valence electrons. The minimum Gasteiger partial charge on any atom is -0.494 e. The number of aromatic nitrogens is 1. The quantitative estimate of drug-likeness (QED) is 0.635. The molecule has 0 amide bonds. The molecular weight excluding hydrogens is 307 g/mol. The van der Waals surface area contributed by atoms with E-state index in [1.807, 2.05) is 22.6 Å². The van der Waals surface area contributed by atoms with Crippen LogP contribution in [0, 0.1) is 3.70 Å². The highest BCUT2D eigenvalue weighted by atomic mass is 127. The first-order chi connectivity index (χ1) is 6.61. The van der Waals surface area contributed by atoms with E-state index < -0.39 is 6.43 Å². The van der Waals surface area contributed by atoms with Gasteiger partial charge in [-0.3, -0.25) is 0 Å². The molecule has 0 saturated carbocycles. The van der Waals surface area contributed by atoms with Crippen LogP contribution in [0.3, 0.4) is 0 Å². The molecule has 0 spiro atoms. The molecule has 0 atom stereocenters. The molecule has 0 unspecified atom stereocenters. The Morgan fingerprint density at radius 2 is 2.00 bits per heavy atom. The molecule has 3 nitrogen and oxygen atoms in total. The van der Waals surface area contributed by atoms with Crippen LogP contribution in [-0.4, -0.2) is 19.2 Å². The van der Waals surface area contributed by atoms with Crippen molar-refractivity contribution < 1.29 is 18.3 Å². The lowest BCUT2D eigenvalue weighted by molar-refractivity contribution is 0.142. The molecule has 0 fully saturated rings. The summed E-state index contributed by atoms with van der Waals surface area (Å²) in [5.74, 6) is 0.109. The molecule has 0 N–H and O–H groups in total. The smallest absolute Gasteiger partial charge is 0.271 e. The van der Waals surface area contributed by atoms with Crippen molar-refractivity contribution in [1.29, 1.82) is 0 Å². The first kappa shape index (κ1) is 11.4. The minimum absolute atomic E-state index is 0.0391. The molecular formula is C8H8F2INO2. The van der Waals surface area contributed by atoms with Gasteiger partial charge in [-0.05, 0) is 22.6 Å². The fourth-order valence-corrected chi connectivity index (χ4v) is 1.68. The van der Waals surface area contributed by atoms with Gasteiger partial charge in [0.15, 0.2) is 5.75 Å². The van der Waals surface area contributed by atoms with Crippen LogP contribution in [0.1, 0.15) is 12.0 Å². The summed E-state index contributed by atoms with van der Waals surface area (Å²) < 4.78 is 35.3. The van der Waals surface area contributed by atoms with Crippen LogP contribution in [0.15, 0.2) is 6.20 Å². The predicted octanol–water partition coefficient (Wildman–Crippen LogP) is 2.64. The maximum atomic E-state index is 12.7. The fraction of sp³-hybridized carbons (Fsp3) is 0.375. The zero-order valence-electron chi connectivity index (χ0n) is 7.55. The third kappa shape index (κ3) is 2.05. The van der Waals surface area contributed by atoms with Crippen LogP contribution < -0.4 is 9.47 Å². The Morgan fingerprint density at radius 1 is 1.36 bits per heavy atom. The lowest BCUT2D eigenvalue weighted by Crippen LogP contribution is -2.01. The standard InChI is InChI=1S/C8H8F2INO2/c1-13-4-3-12-8(11)6(14-2)5(4)7(9)10/h3,7H,1-2H3. The average Bonchev–Trinajstić information content (AvgIpc) is 2.17. The first-order valence-corrected chi connectivity index (χ1v) is 4.74. The molecule has 6 heteroatoms. The lowest BCUT2D eigenvalue weighted by Gasteiger charge is -2.12. The second-order valence-corrected chi connectivity index (χ2v) is 3.39. The number of pyridine rings is 1. The topological polar surface area (TPSA) is 31.4 Å². The third-order valence-electron chi connectivity index (χ3n) is 1.63. The number of halogens is 3. The molecule has 0 aromatic carbocycles. The number of nitrogens with zero attached hydrogens (tertiary/aromatic N) is 1. The van der Waals surface area contributed by atoms with Gasteiger partial charge < -0.3 is 9.47 Å². The number of hydrogen-bond donors (Lipinski definition) is 0. The summed E-state index contributed by atoms with van der Waals surface area (Å²) in [6.07, 6.45) is -1.39. The van der Waals surface area contributed by atoms with E-state index in [-0.39, 0.29) is 17.1 Å². The van der Waals surface area contributed by atoms with Crippen molar-refractivity contribution in [2.24, 2.45) is 0 Å². The van der Waals surface area contributed by atoms with Gasteiger partial charge in [-0.1, -0.05) is 0 Å². The minimum atomic E-state index is -2.64. The predicted molar refractivity (Wildman–Crippen MR) is 55.0 cm³/mol. The van der Waals surface area contributed by atoms with E-state index in [0.717, 1.165) is 0 Å². The van der Waals surface area contributed by atoms with Gasteiger partial charge in [0.1, 0.15) is 15.0 Å². The van der Waals surface area contributed by atoms with Gasteiger partial charge in [0.2, 0.25) is 0 Å². The molecule has 0 aliphatic rings. The molecule has 1 rings (SSSR count). The monoisotopic (exact) mass is 315 g/mol. The van der Waals surface area contributed by atoms with Crippen LogP contribution >= 0.6 is 22.6 Å². The van der Waals surface area contributed by atoms with Crippen molar-refractivity contribution in [2.75, 3.05) is 14.2 Å². The summed E-state index contributed by atoms with van der Waals surface area (Å²) in [6.45, 7) is 0. The SMILES string of the molecule is COc1cnc(I)c(OC)c1C(F)F. The Balaban J connectivity index is 3.36. The summed E-state index contributed by atoms with van der Waals surface area (Å²) in [5.41, 5.74) is -0.255. The zero-order valence-corrected chi connectivity index (χ0v) is 9.71. The van der Waals surface area contributed by atoms with Crippen LogP contribution in [-0.2, 0) is 0 Å². The van der Waals surface area contributed by atoms with Crippen molar-refractivity contribution in [2.45, 2.75) is 6.43 Å². The van der Waals surface area contributed by atoms with Gasteiger partial charge in [-0.25, -0.2) is 13.8 Å². The van der Waals surface area contributed by atoms with Crippen molar-refractivity contribution in [3.63, 3.8) is 0 Å². The fourth-order valence-electron chi connectivity index (χ4n) is 1.03. The summed E-state index contributed by atoms with van der Waals surface area (Å²) >= 11 is 1.83. The normalized spacial score (nSPS) is 10.4. The van der Waals surface area contributed by atoms with E-state index >= 15 is 0 Å². The number of alkyl halides is 2. The highest BCUT2D eigenvalue weighted by Gasteiger charge is 2.22. The second kappa shape index (κ2) is 4.72. The highest BCUT2D eigenvalue weighted by molar-refractivity contribution is 14.1. The van der Waals surface area contributed by atoms with Gasteiger partial charge in [-0.15, -0.1) is 0 Å². The summed E-state index contributed by atoms with van der Waals surface area (Å²) in [5, 5.41) is 0. The van der Waals surface area contributed by atoms with Gasteiger partial charge >= 0.3 is 0 Å². The van der Waals surface area contributed by atoms with Crippen LogP contribution in [0.5, 0.6) is 11.5 Å². The Labute approximate surface area is 93.6 Å². The molecule has 14 heavy (non-hydrogen) atoms. The molecule has 1 heterocycles. The van der Waals surface area contributed by atoms with Crippen molar-refractivity contribution >= 4 is 22.6 Å². The van der Waals surface area contributed by atoms with E-state index in [1.165, 1.54) is 20.4 Å². The van der Waals surface area contributed by atoms with E-state index in [2.05, 4.69) is 4.98 Å². The van der Waals surface area contributed by atoms with Gasteiger partial charge in [0.25, 0.3) is 6.43 Å². The Morgan fingerprint density at radius 3 is 2.43 bits per heavy atom. The molecule has 0 saturated heterocycles. The summed E-state index contributed by atoms with van der Waals surface area (Å²) in [7, 11) is 2.64. The molecule has 0 radical (unpaired) electrons. The van der Waals surface area contributed by atoms with E-state index in [9.17, 15) is 8.78 Å². The number of rotatable bonds is 3. The number of methoxy groups -OCH3 is 2. The molecule has 1 aromatic rings. The highest BCUT2D eigenvalue weighted by Crippen LogP contribution is 2.38. The summed E-state index contributed by atoms with van der Waals surface area (Å²) in [6, 6.07) is 0. The molecule has 0 aliphatic heterocycles. The van der Waals surface area contributed by atoms with E-state index in [1.54, 1.807) is 0 Å². The Hall–Kier alpha value is -0.660. The van der Waals surface area contributed by atoms with Gasteiger partial charge in [0.05, 0.1) is 20.4 Å². The Kier molecular flexibility index (Phi) is 3.85. The second-order valence-electron chi connectivity index (χ2n) is 2.37. The largest absolute Gasteiger partial charge is 0.494 e. The molecule has 0 bridgehead atoms. The Bertz CT molecular complexity index is 333. The molecule has 1 aromatic heterocycles. The van der Waals surface area contributed by atoms with E-state index in [0.29, 0.717) is 3.70 Å². The van der Waals surface area contributed by atoms with Crippen molar-refractivity contribution in [1.82, 2.24) is 4.98 Å². The van der Waals surface area contributed by atoms with Crippen LogP contribution in [0.4, 0.5) is 8.78 Å². The maximum absolute atomic E-state index is 12.7. The number of hydrogen-bond acceptors (Lipinski definition) is 3. The van der Waals surface area contributed by atoms with Crippen LogP contribution in [0.2, 0.25) is 0 Å². The van der Waals surface area contributed by atoms with Crippen molar-refractivity contribution in [3.8, 4) is 11.5 Å². The lowest BCUT2D eigenvalue weighted by atomic mass is 10.2. The third-order valence-corrected chi connectivity index (χ3v) is 2.40. The summed E-state index contributed by atoms with van der Waals surface area (Å²) in [4.78, 5) is 3.87. The first-order valence-electron chi connectivity index (χ1n) is 3.66. The maximum Gasteiger partial charge on any atom is 0.271 e. The number of ether oxygens (including phenoxy) is 2. The van der Waals surface area contributed by atoms with Crippen LogP contribution in [0.25, 0.3) is 0 Å². The van der Waals surface area contributed by atoms with Gasteiger partial charge in [0, 0.05) is 0 Å². The molecule has 0 aliphatic carbocycles. The average molecular weight is 315 g/mol.